The molecular formula is C37H28N8O4S2. The molecule has 0 bridgehead atoms. The Hall–Kier alpha value is -5.86. The quantitative estimate of drug-likeness (QED) is 0.144. The summed E-state index contributed by atoms with van der Waals surface area (Å²) in [5.41, 5.74) is 2.61. The zero-order valence-corrected chi connectivity index (χ0v) is 28.6. The molecule has 14 heteroatoms. The summed E-state index contributed by atoms with van der Waals surface area (Å²) in [6, 6.07) is 28.1. The molecule has 0 radical (unpaired) electrons. The second-order valence-corrected chi connectivity index (χ2v) is 13.6. The van der Waals surface area contributed by atoms with E-state index >= 15 is 0 Å². The Morgan fingerprint density at radius 1 is 0.510 bits per heavy atom. The standard InChI is InChI=1S/C37H28N8O4S2/c46-32-20-24(38-30-14-5-7-16-42(30)32)22-50-36-40-28-12-3-1-10-26(28)34(48)44(36)18-9-19-45-35(49)27-11-2-4-13-29(27)41-37(45)51-23-25-21-33(47)43-17-8-6-15-31(43)39-25/h1-8,10-17,20-21H,9,18-19,22-23H2. The zero-order valence-electron chi connectivity index (χ0n) is 27.0. The van der Waals surface area contributed by atoms with Gasteiger partial charge in [0.15, 0.2) is 10.3 Å². The van der Waals surface area contributed by atoms with Gasteiger partial charge in [-0.2, -0.15) is 0 Å². The molecule has 8 rings (SSSR count). The number of para-hydroxylation sites is 2. The Labute approximate surface area is 297 Å². The van der Waals surface area contributed by atoms with Crippen molar-refractivity contribution < 1.29 is 0 Å². The Bertz CT molecular complexity index is 2670. The van der Waals surface area contributed by atoms with Gasteiger partial charge in [0, 0.05) is 49.1 Å². The third-order valence-electron chi connectivity index (χ3n) is 8.36. The maximum atomic E-state index is 13.8. The molecule has 8 aromatic rings. The molecule has 12 nitrogen and oxygen atoms in total. The Morgan fingerprint density at radius 2 is 0.941 bits per heavy atom. The van der Waals surface area contributed by atoms with Gasteiger partial charge < -0.3 is 0 Å². The number of aromatic nitrogens is 8. The van der Waals surface area contributed by atoms with Gasteiger partial charge in [0.05, 0.1) is 33.2 Å². The maximum Gasteiger partial charge on any atom is 0.262 e. The van der Waals surface area contributed by atoms with Crippen LogP contribution >= 0.6 is 23.5 Å². The summed E-state index contributed by atoms with van der Waals surface area (Å²) < 4.78 is 6.21. The topological polar surface area (TPSA) is 139 Å². The van der Waals surface area contributed by atoms with Crippen LogP contribution in [0.1, 0.15) is 17.8 Å². The SMILES string of the molecule is O=c1c2ccccc2nc(SCc2cc(=O)n3ccccc3n2)n1CCCn1c(SCc2cc(=O)n3ccccc3n2)nc2ccccc2c1=O. The molecule has 51 heavy (non-hydrogen) atoms. The van der Waals surface area contributed by atoms with Gasteiger partial charge >= 0.3 is 0 Å². The van der Waals surface area contributed by atoms with Crippen LogP contribution in [0, 0.1) is 0 Å². The molecule has 0 saturated carbocycles. The van der Waals surface area contributed by atoms with Gasteiger partial charge in [-0.15, -0.1) is 0 Å². The summed E-state index contributed by atoms with van der Waals surface area (Å²) in [4.78, 5) is 72.0. The van der Waals surface area contributed by atoms with Crippen LogP contribution in [0.5, 0.6) is 0 Å². The van der Waals surface area contributed by atoms with E-state index in [4.69, 9.17) is 9.97 Å². The minimum absolute atomic E-state index is 0.188. The number of nitrogens with zero attached hydrogens (tertiary/aromatic N) is 8. The lowest BCUT2D eigenvalue weighted by molar-refractivity contribution is 0.489. The molecule has 252 valence electrons. The predicted octanol–water partition coefficient (Wildman–Crippen LogP) is 4.80. The molecule has 0 aliphatic heterocycles. The molecule has 0 unspecified atom stereocenters. The first-order valence-electron chi connectivity index (χ1n) is 16.1. The summed E-state index contributed by atoms with van der Waals surface area (Å²) >= 11 is 2.66. The normalized spacial score (nSPS) is 11.6. The highest BCUT2D eigenvalue weighted by Gasteiger charge is 2.16. The fourth-order valence-corrected chi connectivity index (χ4v) is 7.76. The number of pyridine rings is 2. The van der Waals surface area contributed by atoms with Gasteiger partial charge in [-0.05, 0) is 55.0 Å². The maximum absolute atomic E-state index is 13.8. The fourth-order valence-electron chi connectivity index (χ4n) is 5.93. The van der Waals surface area contributed by atoms with E-state index in [1.165, 1.54) is 44.5 Å². The minimum Gasteiger partial charge on any atom is -0.287 e. The number of hydrogen-bond donors (Lipinski definition) is 0. The van der Waals surface area contributed by atoms with Crippen molar-refractivity contribution in [3.8, 4) is 0 Å². The molecule has 0 N–H and O–H groups in total. The van der Waals surface area contributed by atoms with Gasteiger partial charge in [0.1, 0.15) is 11.3 Å². The monoisotopic (exact) mass is 712 g/mol. The van der Waals surface area contributed by atoms with E-state index in [0.29, 0.717) is 72.7 Å². The minimum atomic E-state index is -0.193. The molecule has 6 aromatic heterocycles. The average Bonchev–Trinajstić information content (AvgIpc) is 3.15. The van der Waals surface area contributed by atoms with Crippen LogP contribution in [-0.2, 0) is 24.6 Å². The smallest absolute Gasteiger partial charge is 0.262 e. The van der Waals surface area contributed by atoms with E-state index in [-0.39, 0.29) is 35.3 Å². The van der Waals surface area contributed by atoms with Gasteiger partial charge in [-0.3, -0.25) is 37.1 Å². The molecule has 0 saturated heterocycles. The van der Waals surface area contributed by atoms with Crippen molar-refractivity contribution in [2.75, 3.05) is 0 Å². The lowest BCUT2D eigenvalue weighted by atomic mass is 10.2. The Balaban J connectivity index is 1.09. The van der Waals surface area contributed by atoms with Crippen molar-refractivity contribution in [1.29, 1.82) is 0 Å². The van der Waals surface area contributed by atoms with Crippen LogP contribution in [0.4, 0.5) is 0 Å². The van der Waals surface area contributed by atoms with E-state index in [2.05, 4.69) is 9.97 Å². The third-order valence-corrected chi connectivity index (χ3v) is 10.4. The summed E-state index contributed by atoms with van der Waals surface area (Å²) in [5, 5.41) is 1.95. The molecule has 0 amide bonds. The third kappa shape index (κ3) is 6.46. The fraction of sp³-hybridized carbons (Fsp3) is 0.135. The van der Waals surface area contributed by atoms with Crippen LogP contribution in [-0.4, -0.2) is 37.9 Å². The molecule has 0 atom stereocenters. The lowest BCUT2D eigenvalue weighted by Crippen LogP contribution is -2.27. The first-order chi connectivity index (χ1) is 24.9. The highest BCUT2D eigenvalue weighted by Crippen LogP contribution is 2.24. The molecule has 0 aliphatic rings. The van der Waals surface area contributed by atoms with Gasteiger partial charge in [0.2, 0.25) is 0 Å². The first-order valence-corrected chi connectivity index (χ1v) is 18.1. The number of rotatable bonds is 10. The number of benzene rings is 2. The zero-order chi connectivity index (χ0) is 34.9. The largest absolute Gasteiger partial charge is 0.287 e. The van der Waals surface area contributed by atoms with Crippen LogP contribution in [0.15, 0.2) is 139 Å². The average molecular weight is 713 g/mol. The van der Waals surface area contributed by atoms with Gasteiger partial charge in [0.25, 0.3) is 22.2 Å². The Morgan fingerprint density at radius 3 is 1.41 bits per heavy atom. The van der Waals surface area contributed by atoms with E-state index in [9.17, 15) is 19.2 Å². The second kappa shape index (κ2) is 13.8. The summed E-state index contributed by atoms with van der Waals surface area (Å²) in [6.45, 7) is 0.554. The predicted molar refractivity (Wildman–Crippen MR) is 199 cm³/mol. The summed E-state index contributed by atoms with van der Waals surface area (Å²) in [5.74, 6) is 0.652. The summed E-state index contributed by atoms with van der Waals surface area (Å²) in [6.07, 6.45) is 3.77. The van der Waals surface area contributed by atoms with Crippen molar-refractivity contribution >= 4 is 56.6 Å². The van der Waals surface area contributed by atoms with Crippen molar-refractivity contribution in [3.05, 3.63) is 162 Å². The summed E-state index contributed by atoms with van der Waals surface area (Å²) in [7, 11) is 0. The number of hydrogen-bond acceptors (Lipinski definition) is 10. The van der Waals surface area contributed by atoms with Gasteiger partial charge in [-0.25, -0.2) is 19.9 Å². The molecule has 0 aliphatic carbocycles. The number of thioether (sulfide) groups is 2. The van der Waals surface area contributed by atoms with E-state index < -0.39 is 0 Å². The van der Waals surface area contributed by atoms with Crippen LogP contribution < -0.4 is 22.2 Å². The van der Waals surface area contributed by atoms with Crippen LogP contribution in [0.3, 0.4) is 0 Å². The van der Waals surface area contributed by atoms with E-state index in [0.717, 1.165) is 0 Å². The van der Waals surface area contributed by atoms with E-state index in [1.54, 1.807) is 82.2 Å². The molecule has 0 spiro atoms. The van der Waals surface area contributed by atoms with Crippen molar-refractivity contribution in [2.45, 2.75) is 41.3 Å². The van der Waals surface area contributed by atoms with Gasteiger partial charge in [-0.1, -0.05) is 59.9 Å². The molecule has 6 heterocycles. The van der Waals surface area contributed by atoms with Crippen LogP contribution in [0.25, 0.3) is 33.1 Å². The van der Waals surface area contributed by atoms with Crippen molar-refractivity contribution in [1.82, 2.24) is 37.9 Å². The van der Waals surface area contributed by atoms with Crippen LogP contribution in [0.2, 0.25) is 0 Å². The lowest BCUT2D eigenvalue weighted by Gasteiger charge is -2.16. The second-order valence-electron chi connectivity index (χ2n) is 11.7. The molecule has 0 fully saturated rings. The Kier molecular flexibility index (Phi) is 8.76. The highest BCUT2D eigenvalue weighted by molar-refractivity contribution is 7.98. The highest BCUT2D eigenvalue weighted by atomic mass is 32.2. The van der Waals surface area contributed by atoms with Crippen molar-refractivity contribution in [3.63, 3.8) is 0 Å². The first kappa shape index (κ1) is 32.4. The van der Waals surface area contributed by atoms with Crippen molar-refractivity contribution in [2.24, 2.45) is 0 Å². The molecule has 2 aromatic carbocycles. The number of fused-ring (bicyclic) bond motifs is 4. The molecular weight excluding hydrogens is 685 g/mol. The van der Waals surface area contributed by atoms with E-state index in [1.807, 2.05) is 24.3 Å².